The van der Waals surface area contributed by atoms with Gasteiger partial charge in [-0.3, -0.25) is 15.1 Å². The lowest BCUT2D eigenvalue weighted by atomic mass is 10.0. The summed E-state index contributed by atoms with van der Waals surface area (Å²) in [7, 11) is 0. The van der Waals surface area contributed by atoms with E-state index in [0.717, 1.165) is 5.01 Å². The van der Waals surface area contributed by atoms with E-state index < -0.39 is 24.5 Å². The summed E-state index contributed by atoms with van der Waals surface area (Å²) in [6.07, 6.45) is -0.372. The Labute approximate surface area is 129 Å². The summed E-state index contributed by atoms with van der Waals surface area (Å²) >= 11 is 0. The van der Waals surface area contributed by atoms with Crippen LogP contribution in [-0.2, 0) is 4.79 Å². The number of aliphatic hydroxyl groups is 1. The van der Waals surface area contributed by atoms with Crippen molar-refractivity contribution < 1.29 is 23.1 Å². The Morgan fingerprint density at radius 1 is 1.17 bits per heavy atom. The number of halogens is 3. The SMILES string of the molecule is O=C1C(c2ccccc2)=C(O)N(CC(F)(F)F)C2=CC=CNN12. The number of amides is 1. The Bertz CT molecular complexity index is 723. The average molecular weight is 323 g/mol. The summed E-state index contributed by atoms with van der Waals surface area (Å²) in [6, 6.07) is 8.06. The molecule has 2 N–H and O–H groups in total. The summed E-state index contributed by atoms with van der Waals surface area (Å²) < 4.78 is 38.6. The quantitative estimate of drug-likeness (QED) is 0.878. The Morgan fingerprint density at radius 3 is 2.52 bits per heavy atom. The number of rotatable bonds is 2. The van der Waals surface area contributed by atoms with Crippen LogP contribution in [-0.4, -0.2) is 33.6 Å². The topological polar surface area (TPSA) is 55.8 Å². The zero-order chi connectivity index (χ0) is 16.6. The molecule has 0 fully saturated rings. The van der Waals surface area contributed by atoms with Crippen LogP contribution in [0.4, 0.5) is 13.2 Å². The molecule has 2 aliphatic heterocycles. The van der Waals surface area contributed by atoms with Gasteiger partial charge in [-0.2, -0.15) is 13.2 Å². The number of hydrogen-bond acceptors (Lipinski definition) is 4. The van der Waals surface area contributed by atoms with Crippen molar-refractivity contribution in [2.75, 3.05) is 6.54 Å². The van der Waals surface area contributed by atoms with Crippen molar-refractivity contribution in [2.45, 2.75) is 6.18 Å². The van der Waals surface area contributed by atoms with Gasteiger partial charge in [-0.15, -0.1) is 0 Å². The molecule has 2 aliphatic rings. The van der Waals surface area contributed by atoms with Gasteiger partial charge in [0.2, 0.25) is 5.88 Å². The number of hydrazine groups is 1. The Kier molecular flexibility index (Phi) is 3.51. The number of fused-ring (bicyclic) bond motifs is 1. The highest BCUT2D eigenvalue weighted by molar-refractivity contribution is 6.21. The molecule has 0 aliphatic carbocycles. The summed E-state index contributed by atoms with van der Waals surface area (Å²) in [5.74, 6) is -1.45. The molecule has 0 unspecified atom stereocenters. The fraction of sp³-hybridized carbons (Fsp3) is 0.133. The number of alkyl halides is 3. The molecule has 0 atom stereocenters. The third-order valence-electron chi connectivity index (χ3n) is 3.35. The highest BCUT2D eigenvalue weighted by Crippen LogP contribution is 2.34. The second-order valence-corrected chi connectivity index (χ2v) is 4.92. The second kappa shape index (κ2) is 5.38. The van der Waals surface area contributed by atoms with Crippen LogP contribution in [0, 0.1) is 0 Å². The molecule has 2 heterocycles. The van der Waals surface area contributed by atoms with Crippen molar-refractivity contribution >= 4 is 11.5 Å². The van der Waals surface area contributed by atoms with Crippen LogP contribution in [0.25, 0.3) is 5.57 Å². The van der Waals surface area contributed by atoms with Gasteiger partial charge in [0.1, 0.15) is 17.9 Å². The van der Waals surface area contributed by atoms with Crippen LogP contribution in [0.5, 0.6) is 0 Å². The van der Waals surface area contributed by atoms with E-state index in [0.29, 0.717) is 10.5 Å². The number of hydrogen-bond donors (Lipinski definition) is 2. The van der Waals surface area contributed by atoms with Crippen LogP contribution in [0.15, 0.2) is 60.4 Å². The van der Waals surface area contributed by atoms with E-state index >= 15 is 0 Å². The van der Waals surface area contributed by atoms with Crippen molar-refractivity contribution in [3.63, 3.8) is 0 Å². The van der Waals surface area contributed by atoms with Gasteiger partial charge < -0.3 is 5.11 Å². The number of benzene rings is 1. The minimum absolute atomic E-state index is 0.0907. The van der Waals surface area contributed by atoms with E-state index in [4.69, 9.17) is 0 Å². The molecule has 3 rings (SSSR count). The third kappa shape index (κ3) is 2.75. The molecule has 23 heavy (non-hydrogen) atoms. The van der Waals surface area contributed by atoms with Crippen molar-refractivity contribution in [1.82, 2.24) is 15.3 Å². The maximum absolute atomic E-state index is 12.9. The fourth-order valence-electron chi connectivity index (χ4n) is 2.41. The van der Waals surface area contributed by atoms with E-state index in [1.54, 1.807) is 30.3 Å². The van der Waals surface area contributed by atoms with Crippen LogP contribution in [0.2, 0.25) is 0 Å². The number of nitrogens with zero attached hydrogens (tertiary/aromatic N) is 2. The summed E-state index contributed by atoms with van der Waals surface area (Å²) in [5.41, 5.74) is 2.72. The highest BCUT2D eigenvalue weighted by atomic mass is 19.4. The van der Waals surface area contributed by atoms with E-state index in [2.05, 4.69) is 5.43 Å². The van der Waals surface area contributed by atoms with E-state index in [1.165, 1.54) is 18.4 Å². The minimum atomic E-state index is -4.55. The van der Waals surface area contributed by atoms with Gasteiger partial charge in [0.15, 0.2) is 0 Å². The van der Waals surface area contributed by atoms with Crippen LogP contribution < -0.4 is 5.43 Å². The molecule has 1 aromatic rings. The third-order valence-corrected chi connectivity index (χ3v) is 3.35. The van der Waals surface area contributed by atoms with Crippen molar-refractivity contribution in [2.24, 2.45) is 0 Å². The van der Waals surface area contributed by atoms with Crippen LogP contribution >= 0.6 is 0 Å². The lowest BCUT2D eigenvalue weighted by molar-refractivity contribution is -0.150. The molecule has 8 heteroatoms. The highest BCUT2D eigenvalue weighted by Gasteiger charge is 2.42. The number of carbonyl (C=O) groups excluding carboxylic acids is 1. The zero-order valence-electron chi connectivity index (χ0n) is 11.7. The van der Waals surface area contributed by atoms with E-state index in [-0.39, 0.29) is 11.4 Å². The van der Waals surface area contributed by atoms with Gasteiger partial charge in [0.05, 0.1) is 0 Å². The summed E-state index contributed by atoms with van der Waals surface area (Å²) in [4.78, 5) is 13.2. The van der Waals surface area contributed by atoms with Crippen molar-refractivity contribution in [1.29, 1.82) is 0 Å². The Morgan fingerprint density at radius 2 is 1.87 bits per heavy atom. The second-order valence-electron chi connectivity index (χ2n) is 4.92. The first kappa shape index (κ1) is 15.0. The zero-order valence-corrected chi connectivity index (χ0v) is 11.7. The first-order valence-electron chi connectivity index (χ1n) is 6.69. The smallest absolute Gasteiger partial charge is 0.406 e. The monoisotopic (exact) mass is 323 g/mol. The van der Waals surface area contributed by atoms with Gasteiger partial charge in [-0.1, -0.05) is 30.3 Å². The van der Waals surface area contributed by atoms with Gasteiger partial charge in [0.25, 0.3) is 5.91 Å². The normalized spacial score (nSPS) is 17.9. The lowest BCUT2D eigenvalue weighted by Crippen LogP contribution is -2.52. The molecular formula is C15H12F3N3O2. The van der Waals surface area contributed by atoms with Gasteiger partial charge in [-0.25, -0.2) is 5.01 Å². The number of carbonyl (C=O) groups is 1. The Hall–Kier alpha value is -2.90. The van der Waals surface area contributed by atoms with Crippen molar-refractivity contribution in [3.8, 4) is 0 Å². The average Bonchev–Trinajstić information content (AvgIpc) is 2.52. The van der Waals surface area contributed by atoms with E-state index in [9.17, 15) is 23.1 Å². The number of allylic oxidation sites excluding steroid dienone is 2. The molecule has 0 aromatic heterocycles. The molecule has 0 saturated heterocycles. The van der Waals surface area contributed by atoms with Crippen LogP contribution in [0.3, 0.4) is 0 Å². The fourth-order valence-corrected chi connectivity index (χ4v) is 2.41. The molecule has 0 radical (unpaired) electrons. The number of nitrogens with one attached hydrogen (secondary N) is 1. The van der Waals surface area contributed by atoms with E-state index in [1.807, 2.05) is 0 Å². The largest absolute Gasteiger partial charge is 0.494 e. The summed E-state index contributed by atoms with van der Waals surface area (Å²) in [6.45, 7) is -1.42. The van der Waals surface area contributed by atoms with Gasteiger partial charge in [0, 0.05) is 6.20 Å². The van der Waals surface area contributed by atoms with Gasteiger partial charge >= 0.3 is 6.18 Å². The molecule has 120 valence electrons. The first-order chi connectivity index (χ1) is 10.9. The van der Waals surface area contributed by atoms with Crippen molar-refractivity contribution in [3.05, 3.63) is 66.0 Å². The predicted octanol–water partition coefficient (Wildman–Crippen LogP) is 2.49. The summed E-state index contributed by atoms with van der Waals surface area (Å²) in [5, 5.41) is 11.3. The minimum Gasteiger partial charge on any atom is -0.494 e. The Balaban J connectivity index is 2.14. The molecule has 1 aromatic carbocycles. The lowest BCUT2D eigenvalue weighted by Gasteiger charge is -2.40. The predicted molar refractivity (Wildman–Crippen MR) is 76.0 cm³/mol. The molecule has 0 saturated carbocycles. The maximum atomic E-state index is 12.9. The first-order valence-corrected chi connectivity index (χ1v) is 6.69. The molecule has 1 amide bonds. The molecule has 0 bridgehead atoms. The molecule has 0 spiro atoms. The maximum Gasteiger partial charge on any atom is 0.406 e. The van der Waals surface area contributed by atoms with Crippen LogP contribution in [0.1, 0.15) is 5.56 Å². The van der Waals surface area contributed by atoms with Gasteiger partial charge in [-0.05, 0) is 17.7 Å². The molecular weight excluding hydrogens is 311 g/mol. The standard InChI is InChI=1S/C15H12F3N3O2/c16-15(17,18)9-20-11-7-4-8-19-21(11)14(23)12(13(20)22)10-5-2-1-3-6-10/h1-8,19,22H,9H2. The molecule has 5 nitrogen and oxygen atoms in total. The number of aliphatic hydroxyl groups excluding tert-OH is 1.